The van der Waals surface area contributed by atoms with Gasteiger partial charge in [-0.3, -0.25) is 15.5 Å². The number of nitrogens with zero attached hydrogens (tertiary/aromatic N) is 1. The minimum atomic E-state index is -0.418. The van der Waals surface area contributed by atoms with E-state index in [9.17, 15) is 4.79 Å². The monoisotopic (exact) mass is 251 g/mol. The Bertz CT molecular complexity index is 351. The number of hydrogen-bond donors (Lipinski definition) is 4. The molecule has 1 saturated heterocycles. The van der Waals surface area contributed by atoms with Crippen LogP contribution in [-0.2, 0) is 4.79 Å². The third-order valence-corrected chi connectivity index (χ3v) is 2.01. The molecule has 1 atom stereocenters. The number of guanidine groups is 1. The first-order chi connectivity index (χ1) is 6.22. The molecule has 15 heavy (non-hydrogen) atoms. The van der Waals surface area contributed by atoms with E-state index in [0.29, 0.717) is 12.4 Å². The van der Waals surface area contributed by atoms with Gasteiger partial charge in [0.05, 0.1) is 0 Å². The summed E-state index contributed by atoms with van der Waals surface area (Å²) in [5, 5.41) is 12.3. The van der Waals surface area contributed by atoms with Crippen LogP contribution in [0, 0.1) is 11.3 Å². The van der Waals surface area contributed by atoms with Crippen molar-refractivity contribution < 1.29 is 4.79 Å². The molecule has 6 nitrogen and oxygen atoms in total. The molecule has 5 N–H and O–H groups in total. The lowest BCUT2D eigenvalue weighted by Crippen LogP contribution is -2.56. The quantitative estimate of drug-likeness (QED) is 0.498. The second-order valence-corrected chi connectivity index (χ2v) is 2.84. The van der Waals surface area contributed by atoms with Gasteiger partial charge >= 0.3 is 0 Å². The summed E-state index contributed by atoms with van der Waals surface area (Å²) in [5.74, 6) is -0.198. The van der Waals surface area contributed by atoms with Crippen LogP contribution in [0.2, 0.25) is 0 Å². The van der Waals surface area contributed by atoms with Crippen molar-refractivity contribution in [1.82, 2.24) is 10.6 Å². The van der Waals surface area contributed by atoms with E-state index in [-0.39, 0.29) is 36.7 Å². The fourth-order valence-corrected chi connectivity index (χ4v) is 1.40. The lowest BCUT2D eigenvalue weighted by Gasteiger charge is -2.23. The number of nitrogens with one attached hydrogen (secondary N) is 3. The fraction of sp³-hybridized carbons (Fsp3) is 0.286. The Kier molecular flexibility index (Phi) is 4.73. The van der Waals surface area contributed by atoms with Gasteiger partial charge in [0, 0.05) is 12.7 Å². The molecular weight excluding hydrogens is 241 g/mol. The third-order valence-electron chi connectivity index (χ3n) is 2.01. The molecular formula is C7H11Cl2N5O. The summed E-state index contributed by atoms with van der Waals surface area (Å²) in [5.41, 5.74) is 6.21. The van der Waals surface area contributed by atoms with Crippen molar-refractivity contribution >= 4 is 42.5 Å². The maximum Gasteiger partial charge on any atom is 0.241 e. The van der Waals surface area contributed by atoms with Gasteiger partial charge in [0.2, 0.25) is 11.9 Å². The number of amides is 1. The first-order valence-corrected chi connectivity index (χ1v) is 3.85. The number of halogens is 2. The summed E-state index contributed by atoms with van der Waals surface area (Å²) in [6.45, 7) is 0.306. The van der Waals surface area contributed by atoms with E-state index in [4.69, 9.17) is 11.1 Å². The van der Waals surface area contributed by atoms with Crippen LogP contribution in [0.15, 0.2) is 16.8 Å². The first kappa shape index (κ1) is 13.9. The Hall–Kier alpha value is -1.11. The Morgan fingerprint density at radius 3 is 2.73 bits per heavy atom. The Balaban J connectivity index is 0.000000980. The lowest BCUT2D eigenvalue weighted by atomic mass is 9.98. The second-order valence-electron chi connectivity index (χ2n) is 2.84. The smallest absolute Gasteiger partial charge is 0.241 e. The molecule has 8 heteroatoms. The van der Waals surface area contributed by atoms with Gasteiger partial charge in [0.25, 0.3) is 0 Å². The Morgan fingerprint density at radius 1 is 1.47 bits per heavy atom. The predicted molar refractivity (Wildman–Crippen MR) is 61.6 cm³/mol. The van der Waals surface area contributed by atoms with Crippen molar-refractivity contribution in [1.29, 1.82) is 5.41 Å². The van der Waals surface area contributed by atoms with Crippen molar-refractivity contribution in [2.75, 3.05) is 6.54 Å². The zero-order chi connectivity index (χ0) is 9.42. The molecule has 1 fully saturated rings. The molecule has 0 spiro atoms. The number of hydrogen-bond acceptors (Lipinski definition) is 4. The van der Waals surface area contributed by atoms with E-state index in [1.165, 1.54) is 0 Å². The van der Waals surface area contributed by atoms with E-state index in [1.54, 1.807) is 6.20 Å². The van der Waals surface area contributed by atoms with Gasteiger partial charge in [-0.05, 0) is 5.57 Å². The topological polar surface area (TPSA) is 103 Å². The van der Waals surface area contributed by atoms with E-state index in [0.717, 1.165) is 5.57 Å². The van der Waals surface area contributed by atoms with Gasteiger partial charge in [-0.25, -0.2) is 4.99 Å². The van der Waals surface area contributed by atoms with E-state index < -0.39 is 5.92 Å². The summed E-state index contributed by atoms with van der Waals surface area (Å²) < 4.78 is 0. The molecule has 0 aromatic rings. The van der Waals surface area contributed by atoms with Crippen molar-refractivity contribution in [3.63, 3.8) is 0 Å². The molecule has 2 aliphatic rings. The maximum absolute atomic E-state index is 11.4. The van der Waals surface area contributed by atoms with Crippen LogP contribution in [0.25, 0.3) is 0 Å². The summed E-state index contributed by atoms with van der Waals surface area (Å²) >= 11 is 0. The molecule has 0 aliphatic carbocycles. The molecule has 1 amide bonds. The molecule has 2 rings (SSSR count). The van der Waals surface area contributed by atoms with Gasteiger partial charge in [-0.1, -0.05) is 0 Å². The predicted octanol–water partition coefficient (Wildman–Crippen LogP) is -0.645. The number of carbonyl (C=O) groups excluding carboxylic acids is 1. The molecule has 2 aliphatic heterocycles. The number of rotatable bonds is 1. The van der Waals surface area contributed by atoms with Crippen LogP contribution in [0.1, 0.15) is 0 Å². The minimum absolute atomic E-state index is 0. The average Bonchev–Trinajstić information content (AvgIpc) is 2.47. The third kappa shape index (κ3) is 2.28. The number of aliphatic imine (C=N–C) groups is 1. The van der Waals surface area contributed by atoms with Crippen LogP contribution in [0.4, 0.5) is 0 Å². The minimum Gasteiger partial charge on any atom is -0.327 e. The van der Waals surface area contributed by atoms with Gasteiger partial charge in [0.1, 0.15) is 11.8 Å². The number of nitrogens with two attached hydrogens (primary N) is 1. The van der Waals surface area contributed by atoms with Crippen molar-refractivity contribution in [2.45, 2.75) is 0 Å². The van der Waals surface area contributed by atoms with Crippen molar-refractivity contribution in [2.24, 2.45) is 16.6 Å². The van der Waals surface area contributed by atoms with Crippen molar-refractivity contribution in [3.8, 4) is 0 Å². The van der Waals surface area contributed by atoms with E-state index >= 15 is 0 Å². The number of fused-ring (bicyclic) bond motifs is 1. The van der Waals surface area contributed by atoms with Crippen LogP contribution in [-0.4, -0.2) is 24.2 Å². The Morgan fingerprint density at radius 2 is 2.13 bits per heavy atom. The normalized spacial score (nSPS) is 22.3. The summed E-state index contributed by atoms with van der Waals surface area (Å²) in [6, 6.07) is 0. The highest BCUT2D eigenvalue weighted by Crippen LogP contribution is 2.19. The second kappa shape index (κ2) is 5.11. The summed E-state index contributed by atoms with van der Waals surface area (Å²) in [6.07, 6.45) is 1.57. The van der Waals surface area contributed by atoms with Gasteiger partial charge < -0.3 is 11.1 Å². The molecule has 2 heterocycles. The first-order valence-electron chi connectivity index (χ1n) is 3.85. The van der Waals surface area contributed by atoms with E-state index in [2.05, 4.69) is 15.6 Å². The molecule has 0 saturated carbocycles. The van der Waals surface area contributed by atoms with Crippen LogP contribution < -0.4 is 16.4 Å². The van der Waals surface area contributed by atoms with Crippen molar-refractivity contribution in [3.05, 3.63) is 11.8 Å². The van der Waals surface area contributed by atoms with Gasteiger partial charge in [-0.15, -0.1) is 24.8 Å². The largest absolute Gasteiger partial charge is 0.327 e. The van der Waals surface area contributed by atoms with Gasteiger partial charge in [0.15, 0.2) is 0 Å². The highest BCUT2D eigenvalue weighted by Gasteiger charge is 2.35. The van der Waals surface area contributed by atoms with Crippen LogP contribution in [0.3, 0.4) is 0 Å². The molecule has 0 radical (unpaired) electrons. The lowest BCUT2D eigenvalue weighted by molar-refractivity contribution is -0.121. The number of amidine groups is 1. The zero-order valence-corrected chi connectivity index (χ0v) is 9.24. The van der Waals surface area contributed by atoms with Gasteiger partial charge in [-0.2, -0.15) is 0 Å². The average molecular weight is 252 g/mol. The fourth-order valence-electron chi connectivity index (χ4n) is 1.40. The SMILES string of the molecule is Cl.Cl.N=C1NC(=O)C2C(CN)=CN=C2N1. The van der Waals surface area contributed by atoms with Crippen LogP contribution in [0.5, 0.6) is 0 Å². The van der Waals surface area contributed by atoms with Crippen LogP contribution >= 0.6 is 24.8 Å². The summed E-state index contributed by atoms with van der Waals surface area (Å²) in [4.78, 5) is 15.4. The number of carbonyl (C=O) groups is 1. The standard InChI is InChI=1S/C7H9N5O.2ClH/c8-1-3-2-10-5-4(3)6(13)12-7(9)11-5;;/h2,4H,1,8H2,(H3,9,10,11,12,13);2*1H. The van der Waals surface area contributed by atoms with E-state index in [1.807, 2.05) is 0 Å². The molecule has 84 valence electrons. The molecule has 0 aromatic carbocycles. The highest BCUT2D eigenvalue weighted by atomic mass is 35.5. The Labute approximate surface area is 98.7 Å². The summed E-state index contributed by atoms with van der Waals surface area (Å²) in [7, 11) is 0. The zero-order valence-electron chi connectivity index (χ0n) is 7.61. The molecule has 0 aromatic heterocycles. The highest BCUT2D eigenvalue weighted by molar-refractivity contribution is 6.21. The molecule has 1 unspecified atom stereocenters. The molecule has 0 bridgehead atoms. The maximum atomic E-state index is 11.4.